The number of nitrogen functional groups attached to an aromatic ring is 1. The fraction of sp³-hybridized carbons (Fsp3) is 0.462. The Morgan fingerprint density at radius 2 is 1.94 bits per heavy atom. The fourth-order valence-corrected chi connectivity index (χ4v) is 1.60. The number of nitrogens with two attached hydrogens (primary N) is 1. The molecule has 1 aromatic rings. The summed E-state index contributed by atoms with van der Waals surface area (Å²) in [6.07, 6.45) is 0.411. The third kappa shape index (κ3) is 4.44. The lowest BCUT2D eigenvalue weighted by atomic mass is 9.97. The van der Waals surface area contributed by atoms with Gasteiger partial charge in [0.1, 0.15) is 0 Å². The van der Waals surface area contributed by atoms with Crippen LogP contribution in [0.1, 0.15) is 31.7 Å². The molecule has 0 heterocycles. The molecule has 1 amide bonds. The molecular formula is C13H20N2O2. The Kier molecular flexibility index (Phi) is 4.97. The molecule has 4 heteroatoms. The molecule has 4 nitrogen and oxygen atoms in total. The van der Waals surface area contributed by atoms with Gasteiger partial charge in [0.25, 0.3) is 0 Å². The van der Waals surface area contributed by atoms with Crippen molar-refractivity contribution in [2.24, 2.45) is 0 Å². The van der Waals surface area contributed by atoms with E-state index in [1.807, 2.05) is 31.2 Å². The second kappa shape index (κ2) is 6.25. The van der Waals surface area contributed by atoms with Crippen molar-refractivity contribution in [3.8, 4) is 0 Å². The zero-order valence-corrected chi connectivity index (χ0v) is 10.3. The second-order valence-corrected chi connectivity index (χ2v) is 4.42. The Labute approximate surface area is 102 Å². The van der Waals surface area contributed by atoms with Gasteiger partial charge in [-0.2, -0.15) is 0 Å². The zero-order chi connectivity index (χ0) is 12.8. The van der Waals surface area contributed by atoms with Gasteiger partial charge in [0.05, 0.1) is 6.61 Å². The number of hydrogen-bond donors (Lipinski definition) is 3. The number of anilines is 1. The van der Waals surface area contributed by atoms with Gasteiger partial charge in [-0.15, -0.1) is 0 Å². The molecule has 0 aliphatic rings. The van der Waals surface area contributed by atoms with Gasteiger partial charge < -0.3 is 16.2 Å². The van der Waals surface area contributed by atoms with Crippen molar-refractivity contribution in [2.75, 3.05) is 12.3 Å². The first-order valence-electron chi connectivity index (χ1n) is 5.78. The molecule has 94 valence electrons. The van der Waals surface area contributed by atoms with Crippen molar-refractivity contribution in [1.82, 2.24) is 5.32 Å². The summed E-state index contributed by atoms with van der Waals surface area (Å²) in [5.41, 5.74) is 7.42. The highest BCUT2D eigenvalue weighted by Gasteiger charge is 2.12. The average molecular weight is 236 g/mol. The Morgan fingerprint density at radius 3 is 2.47 bits per heavy atom. The van der Waals surface area contributed by atoms with E-state index in [-0.39, 0.29) is 24.5 Å². The van der Waals surface area contributed by atoms with Crippen LogP contribution in [-0.2, 0) is 4.79 Å². The van der Waals surface area contributed by atoms with Crippen LogP contribution in [0.3, 0.4) is 0 Å². The van der Waals surface area contributed by atoms with E-state index in [1.54, 1.807) is 6.92 Å². The molecule has 2 atom stereocenters. The molecule has 0 bridgehead atoms. The predicted octanol–water partition coefficient (Wildman–Crippen LogP) is 1.26. The molecule has 0 saturated carbocycles. The summed E-state index contributed by atoms with van der Waals surface area (Å²) >= 11 is 0. The van der Waals surface area contributed by atoms with Crippen LogP contribution >= 0.6 is 0 Å². The van der Waals surface area contributed by atoms with E-state index in [4.69, 9.17) is 10.8 Å². The molecule has 1 rings (SSSR count). The van der Waals surface area contributed by atoms with E-state index in [1.165, 1.54) is 0 Å². The molecular weight excluding hydrogens is 216 g/mol. The van der Waals surface area contributed by atoms with Crippen LogP contribution in [0.15, 0.2) is 24.3 Å². The first-order chi connectivity index (χ1) is 8.02. The summed E-state index contributed by atoms with van der Waals surface area (Å²) < 4.78 is 0. The highest BCUT2D eigenvalue weighted by molar-refractivity contribution is 5.77. The van der Waals surface area contributed by atoms with Gasteiger partial charge >= 0.3 is 0 Å². The maximum atomic E-state index is 11.6. The Balaban J connectivity index is 2.51. The van der Waals surface area contributed by atoms with Gasteiger partial charge in [-0.3, -0.25) is 4.79 Å². The quantitative estimate of drug-likeness (QED) is 0.674. The first kappa shape index (κ1) is 13.5. The zero-order valence-electron chi connectivity index (χ0n) is 10.3. The van der Waals surface area contributed by atoms with Crippen LogP contribution < -0.4 is 11.1 Å². The maximum absolute atomic E-state index is 11.6. The van der Waals surface area contributed by atoms with Gasteiger partial charge in [-0.25, -0.2) is 0 Å². The van der Waals surface area contributed by atoms with Crippen molar-refractivity contribution in [2.45, 2.75) is 32.2 Å². The van der Waals surface area contributed by atoms with E-state index in [2.05, 4.69) is 5.32 Å². The maximum Gasteiger partial charge on any atom is 0.220 e. The normalized spacial score (nSPS) is 14.1. The number of carbonyl (C=O) groups is 1. The third-order valence-corrected chi connectivity index (χ3v) is 2.68. The van der Waals surface area contributed by atoms with Crippen molar-refractivity contribution < 1.29 is 9.90 Å². The second-order valence-electron chi connectivity index (χ2n) is 4.42. The SMILES string of the molecule is CC(CC(=O)N[C@@H](C)CO)c1ccc(N)cc1. The number of amides is 1. The fourth-order valence-electron chi connectivity index (χ4n) is 1.60. The van der Waals surface area contributed by atoms with Crippen molar-refractivity contribution in [3.63, 3.8) is 0 Å². The summed E-state index contributed by atoms with van der Waals surface area (Å²) in [6.45, 7) is 3.72. The molecule has 0 aromatic heterocycles. The number of hydrogen-bond acceptors (Lipinski definition) is 3. The van der Waals surface area contributed by atoms with Crippen molar-refractivity contribution >= 4 is 11.6 Å². The molecule has 0 radical (unpaired) electrons. The lowest BCUT2D eigenvalue weighted by molar-refractivity contribution is -0.122. The Bertz CT molecular complexity index is 362. The van der Waals surface area contributed by atoms with E-state index in [0.717, 1.165) is 11.3 Å². The summed E-state index contributed by atoms with van der Waals surface area (Å²) in [5.74, 6) is 0.0948. The van der Waals surface area contributed by atoms with Crippen LogP contribution in [0.2, 0.25) is 0 Å². The standard InChI is InChI=1S/C13H20N2O2/c1-9(7-13(17)15-10(2)8-16)11-3-5-12(14)6-4-11/h3-6,9-10,16H,7-8,14H2,1-2H3,(H,15,17)/t9?,10-/m0/s1. The summed E-state index contributed by atoms with van der Waals surface area (Å²) in [4.78, 5) is 11.6. The van der Waals surface area contributed by atoms with E-state index in [0.29, 0.717) is 6.42 Å². The number of benzene rings is 1. The number of aliphatic hydroxyl groups is 1. The Hall–Kier alpha value is -1.55. The highest BCUT2D eigenvalue weighted by atomic mass is 16.3. The number of nitrogens with one attached hydrogen (secondary N) is 1. The summed E-state index contributed by atoms with van der Waals surface area (Å²) in [7, 11) is 0. The molecule has 0 aliphatic carbocycles. The molecule has 0 aliphatic heterocycles. The Morgan fingerprint density at radius 1 is 1.35 bits per heavy atom. The van der Waals surface area contributed by atoms with Crippen LogP contribution in [0.4, 0.5) is 5.69 Å². The van der Waals surface area contributed by atoms with Crippen LogP contribution in [-0.4, -0.2) is 23.7 Å². The molecule has 17 heavy (non-hydrogen) atoms. The number of aliphatic hydroxyl groups excluding tert-OH is 1. The largest absolute Gasteiger partial charge is 0.399 e. The smallest absolute Gasteiger partial charge is 0.220 e. The topological polar surface area (TPSA) is 75.3 Å². The summed E-state index contributed by atoms with van der Waals surface area (Å²) in [5, 5.41) is 11.6. The predicted molar refractivity (Wildman–Crippen MR) is 68.6 cm³/mol. The van der Waals surface area contributed by atoms with Crippen LogP contribution in [0.5, 0.6) is 0 Å². The van der Waals surface area contributed by atoms with Crippen LogP contribution in [0.25, 0.3) is 0 Å². The molecule has 0 saturated heterocycles. The van der Waals surface area contributed by atoms with Gasteiger partial charge in [0, 0.05) is 18.2 Å². The molecule has 4 N–H and O–H groups in total. The lowest BCUT2D eigenvalue weighted by Crippen LogP contribution is -2.35. The van der Waals surface area contributed by atoms with Gasteiger partial charge in [-0.05, 0) is 30.5 Å². The third-order valence-electron chi connectivity index (χ3n) is 2.68. The lowest BCUT2D eigenvalue weighted by Gasteiger charge is -2.15. The first-order valence-corrected chi connectivity index (χ1v) is 5.78. The van der Waals surface area contributed by atoms with Gasteiger partial charge in [-0.1, -0.05) is 19.1 Å². The average Bonchev–Trinajstić information content (AvgIpc) is 2.29. The van der Waals surface area contributed by atoms with Crippen LogP contribution in [0, 0.1) is 0 Å². The minimum atomic E-state index is -0.193. The monoisotopic (exact) mass is 236 g/mol. The van der Waals surface area contributed by atoms with Crippen molar-refractivity contribution in [3.05, 3.63) is 29.8 Å². The molecule has 1 unspecified atom stereocenters. The minimum Gasteiger partial charge on any atom is -0.399 e. The van der Waals surface area contributed by atoms with Crippen molar-refractivity contribution in [1.29, 1.82) is 0 Å². The molecule has 1 aromatic carbocycles. The van der Waals surface area contributed by atoms with E-state index < -0.39 is 0 Å². The van der Waals surface area contributed by atoms with Gasteiger partial charge in [0.2, 0.25) is 5.91 Å². The van der Waals surface area contributed by atoms with E-state index in [9.17, 15) is 4.79 Å². The number of rotatable bonds is 5. The summed E-state index contributed by atoms with van der Waals surface area (Å²) in [6, 6.07) is 7.34. The molecule has 0 fully saturated rings. The number of carbonyl (C=O) groups excluding carboxylic acids is 1. The van der Waals surface area contributed by atoms with Gasteiger partial charge in [0.15, 0.2) is 0 Å². The molecule has 0 spiro atoms. The highest BCUT2D eigenvalue weighted by Crippen LogP contribution is 2.19. The van der Waals surface area contributed by atoms with E-state index >= 15 is 0 Å². The minimum absolute atomic E-state index is 0.0397.